The van der Waals surface area contributed by atoms with Gasteiger partial charge in [0.2, 0.25) is 5.95 Å². The first-order valence-corrected chi connectivity index (χ1v) is 7.11. The van der Waals surface area contributed by atoms with E-state index in [0.29, 0.717) is 22.0 Å². The van der Waals surface area contributed by atoms with E-state index >= 15 is 0 Å². The Kier molecular flexibility index (Phi) is 3.51. The first kappa shape index (κ1) is 14.2. The van der Waals surface area contributed by atoms with E-state index in [4.69, 9.17) is 28.9 Å². The highest BCUT2D eigenvalue weighted by molar-refractivity contribution is 6.31. The number of anilines is 1. The molecule has 0 amide bonds. The molecule has 1 unspecified atom stereocenters. The first-order valence-electron chi connectivity index (χ1n) is 6.35. The van der Waals surface area contributed by atoms with Crippen molar-refractivity contribution in [3.8, 4) is 0 Å². The highest BCUT2D eigenvalue weighted by Gasteiger charge is 2.17. The van der Waals surface area contributed by atoms with Gasteiger partial charge in [0.1, 0.15) is 5.82 Å². The molecule has 3 aromatic rings. The number of rotatable bonds is 2. The average molecular weight is 324 g/mol. The molecule has 1 aromatic heterocycles. The van der Waals surface area contributed by atoms with Crippen molar-refractivity contribution in [2.75, 3.05) is 5.73 Å². The predicted octanol–water partition coefficient (Wildman–Crippen LogP) is 4.67. The SMILES string of the molecule is CC(c1ccc(Cl)cc1)n1c(N)nc2cc(Cl)c(F)cc21. The van der Waals surface area contributed by atoms with Crippen LogP contribution in [0.15, 0.2) is 36.4 Å². The van der Waals surface area contributed by atoms with Gasteiger partial charge in [0.05, 0.1) is 22.1 Å². The lowest BCUT2D eigenvalue weighted by Gasteiger charge is -2.16. The van der Waals surface area contributed by atoms with Crippen LogP contribution in [0.3, 0.4) is 0 Å². The van der Waals surface area contributed by atoms with Crippen LogP contribution < -0.4 is 5.73 Å². The Morgan fingerprint density at radius 1 is 1.19 bits per heavy atom. The first-order chi connectivity index (χ1) is 9.97. The molecule has 6 heteroatoms. The fraction of sp³-hybridized carbons (Fsp3) is 0.133. The van der Waals surface area contributed by atoms with Crippen molar-refractivity contribution < 1.29 is 4.39 Å². The predicted molar refractivity (Wildman–Crippen MR) is 84.4 cm³/mol. The number of nitrogens with zero attached hydrogens (tertiary/aromatic N) is 2. The zero-order valence-corrected chi connectivity index (χ0v) is 12.7. The van der Waals surface area contributed by atoms with Crippen LogP contribution in [0.4, 0.5) is 10.3 Å². The fourth-order valence-corrected chi connectivity index (χ4v) is 2.69. The van der Waals surface area contributed by atoms with E-state index in [1.165, 1.54) is 12.1 Å². The Morgan fingerprint density at radius 3 is 2.52 bits per heavy atom. The normalized spacial score (nSPS) is 12.8. The van der Waals surface area contributed by atoms with E-state index in [-0.39, 0.29) is 11.1 Å². The molecule has 0 saturated heterocycles. The molecule has 0 aliphatic heterocycles. The van der Waals surface area contributed by atoms with E-state index in [1.54, 1.807) is 16.7 Å². The summed E-state index contributed by atoms with van der Waals surface area (Å²) in [5.74, 6) is -0.178. The Hall–Kier alpha value is -1.78. The van der Waals surface area contributed by atoms with Gasteiger partial charge in [-0.15, -0.1) is 0 Å². The summed E-state index contributed by atoms with van der Waals surface area (Å²) in [5, 5.41) is 0.693. The topological polar surface area (TPSA) is 43.8 Å². The smallest absolute Gasteiger partial charge is 0.201 e. The molecule has 0 spiro atoms. The molecule has 1 atom stereocenters. The Bertz CT molecular complexity index is 812. The average Bonchev–Trinajstić information content (AvgIpc) is 2.75. The van der Waals surface area contributed by atoms with Crippen LogP contribution in [-0.2, 0) is 0 Å². The maximum Gasteiger partial charge on any atom is 0.201 e. The van der Waals surface area contributed by atoms with Crippen LogP contribution in [-0.4, -0.2) is 9.55 Å². The lowest BCUT2D eigenvalue weighted by Crippen LogP contribution is -2.10. The second-order valence-electron chi connectivity index (χ2n) is 4.82. The van der Waals surface area contributed by atoms with E-state index < -0.39 is 5.82 Å². The molecule has 0 bridgehead atoms. The molecule has 21 heavy (non-hydrogen) atoms. The molecule has 1 heterocycles. The molecular weight excluding hydrogens is 312 g/mol. The van der Waals surface area contributed by atoms with Gasteiger partial charge in [0.25, 0.3) is 0 Å². The molecule has 3 rings (SSSR count). The number of fused-ring (bicyclic) bond motifs is 1. The van der Waals surface area contributed by atoms with Crippen molar-refractivity contribution in [3.05, 3.63) is 57.8 Å². The quantitative estimate of drug-likeness (QED) is 0.744. The van der Waals surface area contributed by atoms with Crippen molar-refractivity contribution in [2.45, 2.75) is 13.0 Å². The van der Waals surface area contributed by atoms with Crippen LogP contribution in [0.5, 0.6) is 0 Å². The summed E-state index contributed by atoms with van der Waals surface area (Å²) in [6.45, 7) is 1.97. The van der Waals surface area contributed by atoms with Crippen molar-refractivity contribution in [1.29, 1.82) is 0 Å². The summed E-state index contributed by atoms with van der Waals surface area (Å²) in [7, 11) is 0. The third-order valence-corrected chi connectivity index (χ3v) is 4.04. The third kappa shape index (κ3) is 2.45. The molecule has 108 valence electrons. The van der Waals surface area contributed by atoms with E-state index in [0.717, 1.165) is 5.56 Å². The molecule has 2 N–H and O–H groups in total. The van der Waals surface area contributed by atoms with Gasteiger partial charge in [-0.1, -0.05) is 35.3 Å². The summed E-state index contributed by atoms with van der Waals surface area (Å²) in [6, 6.07) is 10.2. The van der Waals surface area contributed by atoms with Crippen LogP contribution >= 0.6 is 23.2 Å². The number of nitrogens with two attached hydrogens (primary N) is 1. The maximum atomic E-state index is 13.7. The van der Waals surface area contributed by atoms with Gasteiger partial charge in [0.15, 0.2) is 0 Å². The van der Waals surface area contributed by atoms with Gasteiger partial charge in [0, 0.05) is 11.1 Å². The van der Waals surface area contributed by atoms with Gasteiger partial charge in [-0.05, 0) is 30.7 Å². The number of imidazole rings is 1. The van der Waals surface area contributed by atoms with Gasteiger partial charge in [-0.25, -0.2) is 9.37 Å². The van der Waals surface area contributed by atoms with Crippen molar-refractivity contribution in [3.63, 3.8) is 0 Å². The van der Waals surface area contributed by atoms with Crippen LogP contribution in [0.1, 0.15) is 18.5 Å². The monoisotopic (exact) mass is 323 g/mol. The molecule has 3 nitrogen and oxygen atoms in total. The number of halogens is 3. The number of hydrogen-bond donors (Lipinski definition) is 1. The minimum Gasteiger partial charge on any atom is -0.369 e. The standard InChI is InChI=1S/C15H12Cl2FN3/c1-8(9-2-4-10(16)5-3-9)21-14-7-12(18)11(17)6-13(14)20-15(21)19/h2-8H,1H3,(H2,19,20). The molecule has 0 saturated carbocycles. The highest BCUT2D eigenvalue weighted by atomic mass is 35.5. The molecular formula is C15H12Cl2FN3. The van der Waals surface area contributed by atoms with Crippen LogP contribution in [0.2, 0.25) is 10.0 Å². The largest absolute Gasteiger partial charge is 0.369 e. The summed E-state index contributed by atoms with van der Waals surface area (Å²) < 4.78 is 15.5. The summed E-state index contributed by atoms with van der Waals surface area (Å²) in [4.78, 5) is 4.24. The second-order valence-corrected chi connectivity index (χ2v) is 5.67. The molecule has 0 radical (unpaired) electrons. The highest BCUT2D eigenvalue weighted by Crippen LogP contribution is 2.30. The van der Waals surface area contributed by atoms with Gasteiger partial charge in [-0.2, -0.15) is 0 Å². The summed E-state index contributed by atoms with van der Waals surface area (Å²) in [5.41, 5.74) is 8.16. The van der Waals surface area contributed by atoms with E-state index in [9.17, 15) is 4.39 Å². The number of aromatic nitrogens is 2. The van der Waals surface area contributed by atoms with E-state index in [2.05, 4.69) is 4.98 Å². The molecule has 0 aliphatic rings. The van der Waals surface area contributed by atoms with Gasteiger partial charge < -0.3 is 10.3 Å². The summed E-state index contributed by atoms with van der Waals surface area (Å²) in [6.07, 6.45) is 0. The Labute approximate surface area is 131 Å². The Balaban J connectivity index is 2.17. The number of hydrogen-bond acceptors (Lipinski definition) is 2. The second kappa shape index (κ2) is 5.20. The van der Waals surface area contributed by atoms with Crippen LogP contribution in [0, 0.1) is 5.82 Å². The fourth-order valence-electron chi connectivity index (χ4n) is 2.41. The maximum absolute atomic E-state index is 13.7. The third-order valence-electron chi connectivity index (χ3n) is 3.50. The Morgan fingerprint density at radius 2 is 1.86 bits per heavy atom. The lowest BCUT2D eigenvalue weighted by atomic mass is 10.1. The van der Waals surface area contributed by atoms with Gasteiger partial charge >= 0.3 is 0 Å². The lowest BCUT2D eigenvalue weighted by molar-refractivity contribution is 0.625. The number of nitrogen functional groups attached to an aromatic ring is 1. The molecule has 2 aromatic carbocycles. The summed E-state index contributed by atoms with van der Waals surface area (Å²) >= 11 is 11.7. The minimum atomic E-state index is -0.492. The zero-order valence-electron chi connectivity index (χ0n) is 11.1. The van der Waals surface area contributed by atoms with Crippen molar-refractivity contribution >= 4 is 40.2 Å². The van der Waals surface area contributed by atoms with Crippen molar-refractivity contribution in [2.24, 2.45) is 0 Å². The molecule has 0 aliphatic carbocycles. The van der Waals surface area contributed by atoms with Crippen LogP contribution in [0.25, 0.3) is 11.0 Å². The minimum absolute atomic E-state index is 0.0336. The molecule has 0 fully saturated rings. The zero-order chi connectivity index (χ0) is 15.1. The van der Waals surface area contributed by atoms with E-state index in [1.807, 2.05) is 19.1 Å². The van der Waals surface area contributed by atoms with Gasteiger partial charge in [-0.3, -0.25) is 0 Å². The number of benzene rings is 2. The van der Waals surface area contributed by atoms with Crippen molar-refractivity contribution in [1.82, 2.24) is 9.55 Å².